The fourth-order valence-electron chi connectivity index (χ4n) is 2.75. The molecule has 2 amide bonds. The van der Waals surface area contributed by atoms with Crippen molar-refractivity contribution in [3.05, 3.63) is 65.5 Å². The third-order valence-electron chi connectivity index (χ3n) is 4.12. The maximum Gasteiger partial charge on any atom is 0.317 e. The van der Waals surface area contributed by atoms with Gasteiger partial charge in [-0.2, -0.15) is 0 Å². The monoisotopic (exact) mass is 311 g/mol. The van der Waals surface area contributed by atoms with Crippen LogP contribution in [0.2, 0.25) is 0 Å². The van der Waals surface area contributed by atoms with Crippen molar-refractivity contribution in [2.45, 2.75) is 26.7 Å². The SMILES string of the molecule is CCN(CC)C(=O)NCC(c1ccccn1)c1ccccc1C. The molecule has 4 heteroatoms. The number of rotatable bonds is 6. The number of carbonyl (C=O) groups excluding carboxylic acids is 1. The van der Waals surface area contributed by atoms with Gasteiger partial charge in [-0.3, -0.25) is 4.98 Å². The van der Waals surface area contributed by atoms with Gasteiger partial charge in [0, 0.05) is 37.4 Å². The van der Waals surface area contributed by atoms with E-state index in [-0.39, 0.29) is 11.9 Å². The van der Waals surface area contributed by atoms with Crippen LogP contribution in [0, 0.1) is 6.92 Å². The molecule has 0 radical (unpaired) electrons. The quantitative estimate of drug-likeness (QED) is 0.886. The summed E-state index contributed by atoms with van der Waals surface area (Å²) in [4.78, 5) is 18.5. The molecular weight excluding hydrogens is 286 g/mol. The highest BCUT2D eigenvalue weighted by Gasteiger charge is 2.19. The van der Waals surface area contributed by atoms with E-state index in [4.69, 9.17) is 0 Å². The number of urea groups is 1. The van der Waals surface area contributed by atoms with Gasteiger partial charge in [-0.25, -0.2) is 4.79 Å². The minimum Gasteiger partial charge on any atom is -0.337 e. The first-order valence-corrected chi connectivity index (χ1v) is 8.16. The number of hydrogen-bond donors (Lipinski definition) is 1. The van der Waals surface area contributed by atoms with E-state index >= 15 is 0 Å². The molecule has 0 fully saturated rings. The Morgan fingerprint density at radius 3 is 2.43 bits per heavy atom. The first-order valence-electron chi connectivity index (χ1n) is 8.16. The Balaban J connectivity index is 2.22. The molecule has 1 atom stereocenters. The molecule has 2 aromatic rings. The van der Waals surface area contributed by atoms with Crippen LogP contribution in [0.15, 0.2) is 48.7 Å². The highest BCUT2D eigenvalue weighted by molar-refractivity contribution is 5.74. The Morgan fingerprint density at radius 1 is 1.13 bits per heavy atom. The molecule has 1 N–H and O–H groups in total. The van der Waals surface area contributed by atoms with Crippen molar-refractivity contribution in [1.82, 2.24) is 15.2 Å². The lowest BCUT2D eigenvalue weighted by Crippen LogP contribution is -2.41. The van der Waals surface area contributed by atoms with E-state index in [0.717, 1.165) is 5.69 Å². The van der Waals surface area contributed by atoms with Crippen molar-refractivity contribution >= 4 is 6.03 Å². The number of aromatic nitrogens is 1. The average Bonchev–Trinajstić information content (AvgIpc) is 2.58. The summed E-state index contributed by atoms with van der Waals surface area (Å²) < 4.78 is 0. The van der Waals surface area contributed by atoms with Crippen molar-refractivity contribution < 1.29 is 4.79 Å². The molecule has 0 saturated heterocycles. The topological polar surface area (TPSA) is 45.2 Å². The number of pyridine rings is 1. The van der Waals surface area contributed by atoms with Crippen LogP contribution in [0.4, 0.5) is 4.79 Å². The van der Waals surface area contributed by atoms with Gasteiger partial charge < -0.3 is 10.2 Å². The fourth-order valence-corrected chi connectivity index (χ4v) is 2.75. The summed E-state index contributed by atoms with van der Waals surface area (Å²) in [6, 6.07) is 14.2. The van der Waals surface area contributed by atoms with Crippen LogP contribution in [0.3, 0.4) is 0 Å². The zero-order chi connectivity index (χ0) is 16.7. The smallest absolute Gasteiger partial charge is 0.317 e. The van der Waals surface area contributed by atoms with Gasteiger partial charge in [-0.15, -0.1) is 0 Å². The first-order chi connectivity index (χ1) is 11.2. The molecule has 1 aromatic carbocycles. The van der Waals surface area contributed by atoms with Crippen LogP contribution >= 0.6 is 0 Å². The van der Waals surface area contributed by atoms with E-state index in [1.54, 1.807) is 11.1 Å². The molecule has 0 aliphatic heterocycles. The summed E-state index contributed by atoms with van der Waals surface area (Å²) in [5.41, 5.74) is 3.38. The molecule has 1 heterocycles. The number of nitrogens with one attached hydrogen (secondary N) is 1. The number of amides is 2. The van der Waals surface area contributed by atoms with Gasteiger partial charge in [0.15, 0.2) is 0 Å². The lowest BCUT2D eigenvalue weighted by molar-refractivity contribution is 0.203. The fraction of sp³-hybridized carbons (Fsp3) is 0.368. The minimum absolute atomic E-state index is 0.0236. The number of nitrogens with zero attached hydrogens (tertiary/aromatic N) is 2. The number of aryl methyl sites for hydroxylation is 1. The summed E-state index contributed by atoms with van der Waals surface area (Å²) in [5, 5.41) is 3.06. The number of benzene rings is 1. The third-order valence-corrected chi connectivity index (χ3v) is 4.12. The van der Waals surface area contributed by atoms with E-state index in [0.29, 0.717) is 19.6 Å². The molecule has 0 bridgehead atoms. The van der Waals surface area contributed by atoms with Crippen LogP contribution in [0.5, 0.6) is 0 Å². The van der Waals surface area contributed by atoms with E-state index in [2.05, 4.69) is 29.4 Å². The lowest BCUT2D eigenvalue weighted by atomic mass is 9.91. The lowest BCUT2D eigenvalue weighted by Gasteiger charge is -2.23. The zero-order valence-electron chi connectivity index (χ0n) is 14.1. The van der Waals surface area contributed by atoms with Gasteiger partial charge in [0.25, 0.3) is 0 Å². The van der Waals surface area contributed by atoms with Crippen LogP contribution in [-0.2, 0) is 0 Å². The summed E-state index contributed by atoms with van der Waals surface area (Å²) in [5.74, 6) is 0.0527. The van der Waals surface area contributed by atoms with Crippen LogP contribution in [0.25, 0.3) is 0 Å². The Kier molecular flexibility index (Phi) is 6.15. The summed E-state index contributed by atoms with van der Waals surface area (Å²) >= 11 is 0. The molecular formula is C19H25N3O. The molecule has 4 nitrogen and oxygen atoms in total. The second-order valence-electron chi connectivity index (χ2n) is 5.52. The summed E-state index contributed by atoms with van der Waals surface area (Å²) in [7, 11) is 0. The van der Waals surface area contributed by atoms with Crippen molar-refractivity contribution in [1.29, 1.82) is 0 Å². The standard InChI is InChI=1S/C19H25N3O/c1-4-22(5-2)19(23)21-14-17(18-12-8-9-13-20-18)16-11-7-6-10-15(16)3/h6-13,17H,4-5,14H2,1-3H3,(H,21,23). The molecule has 0 aliphatic carbocycles. The summed E-state index contributed by atoms with van der Waals surface area (Å²) in [6.07, 6.45) is 1.80. The van der Waals surface area contributed by atoms with E-state index in [1.807, 2.05) is 44.2 Å². The minimum atomic E-state index is -0.0236. The van der Waals surface area contributed by atoms with Crippen molar-refractivity contribution in [3.63, 3.8) is 0 Å². The van der Waals surface area contributed by atoms with Crippen LogP contribution in [-0.4, -0.2) is 35.5 Å². The van der Waals surface area contributed by atoms with E-state index < -0.39 is 0 Å². The zero-order valence-corrected chi connectivity index (χ0v) is 14.1. The molecule has 0 aliphatic rings. The maximum absolute atomic E-state index is 12.3. The number of carbonyl (C=O) groups is 1. The second-order valence-corrected chi connectivity index (χ2v) is 5.52. The van der Waals surface area contributed by atoms with Crippen LogP contribution in [0.1, 0.15) is 36.6 Å². The molecule has 23 heavy (non-hydrogen) atoms. The maximum atomic E-state index is 12.3. The first kappa shape index (κ1) is 17.0. The molecule has 1 aromatic heterocycles. The average molecular weight is 311 g/mol. The van der Waals surface area contributed by atoms with Gasteiger partial charge in [0.2, 0.25) is 0 Å². The Hall–Kier alpha value is -2.36. The van der Waals surface area contributed by atoms with E-state index in [1.165, 1.54) is 11.1 Å². The van der Waals surface area contributed by atoms with Gasteiger partial charge in [-0.1, -0.05) is 30.3 Å². The molecule has 0 spiro atoms. The predicted molar refractivity (Wildman–Crippen MR) is 93.6 cm³/mol. The highest BCUT2D eigenvalue weighted by Crippen LogP contribution is 2.25. The van der Waals surface area contributed by atoms with Gasteiger partial charge in [0.1, 0.15) is 0 Å². The normalized spacial score (nSPS) is 11.8. The van der Waals surface area contributed by atoms with E-state index in [9.17, 15) is 4.79 Å². The van der Waals surface area contributed by atoms with Gasteiger partial charge in [-0.05, 0) is 44.0 Å². The van der Waals surface area contributed by atoms with Crippen LogP contribution < -0.4 is 5.32 Å². The number of hydrogen-bond acceptors (Lipinski definition) is 2. The molecule has 0 saturated carbocycles. The van der Waals surface area contributed by atoms with Gasteiger partial charge in [0.05, 0.1) is 0 Å². The van der Waals surface area contributed by atoms with Crippen molar-refractivity contribution in [2.75, 3.05) is 19.6 Å². The molecule has 122 valence electrons. The molecule has 1 unspecified atom stereocenters. The summed E-state index contributed by atoms with van der Waals surface area (Å²) in [6.45, 7) is 8.03. The Morgan fingerprint density at radius 2 is 1.83 bits per heavy atom. The predicted octanol–water partition coefficient (Wildman–Crippen LogP) is 3.57. The largest absolute Gasteiger partial charge is 0.337 e. The third kappa shape index (κ3) is 4.31. The second kappa shape index (κ2) is 8.32. The van der Waals surface area contributed by atoms with Gasteiger partial charge >= 0.3 is 6.03 Å². The Bertz CT molecular complexity index is 624. The highest BCUT2D eigenvalue weighted by atomic mass is 16.2. The molecule has 2 rings (SSSR count). The van der Waals surface area contributed by atoms with Crippen molar-refractivity contribution in [2.24, 2.45) is 0 Å². The Labute approximate surface area is 138 Å². The van der Waals surface area contributed by atoms with Crippen molar-refractivity contribution in [3.8, 4) is 0 Å².